The van der Waals surface area contributed by atoms with Crippen molar-refractivity contribution in [2.24, 2.45) is 0 Å². The molecule has 1 unspecified atom stereocenters. The molecule has 3 heterocycles. The second kappa shape index (κ2) is 4.03. The van der Waals surface area contributed by atoms with Gasteiger partial charge in [-0.1, -0.05) is 11.6 Å². The van der Waals surface area contributed by atoms with Crippen LogP contribution in [-0.2, 0) is 4.74 Å². The predicted molar refractivity (Wildman–Crippen MR) is 61.4 cm³/mol. The zero-order valence-corrected chi connectivity index (χ0v) is 9.52. The molecule has 84 valence electrons. The van der Waals surface area contributed by atoms with E-state index in [0.717, 1.165) is 30.5 Å². The van der Waals surface area contributed by atoms with Crippen molar-refractivity contribution in [3.8, 4) is 0 Å². The second-order valence-electron chi connectivity index (χ2n) is 3.95. The minimum atomic E-state index is 0.0502. The van der Waals surface area contributed by atoms with Gasteiger partial charge in [0.25, 0.3) is 0 Å². The van der Waals surface area contributed by atoms with Crippen LogP contribution in [0.15, 0.2) is 18.3 Å². The summed E-state index contributed by atoms with van der Waals surface area (Å²) in [6.45, 7) is 0.813. The number of aromatic nitrogens is 3. The second-order valence-corrected chi connectivity index (χ2v) is 4.34. The van der Waals surface area contributed by atoms with E-state index >= 15 is 0 Å². The molecule has 1 aliphatic heterocycles. The highest BCUT2D eigenvalue weighted by atomic mass is 35.5. The fourth-order valence-electron chi connectivity index (χ4n) is 2.06. The van der Waals surface area contributed by atoms with Crippen molar-refractivity contribution in [3.63, 3.8) is 0 Å². The van der Waals surface area contributed by atoms with E-state index in [2.05, 4.69) is 10.1 Å². The molecule has 0 bridgehead atoms. The Labute approximate surface area is 98.2 Å². The first-order chi connectivity index (χ1) is 7.84. The van der Waals surface area contributed by atoms with Crippen molar-refractivity contribution in [1.82, 2.24) is 14.8 Å². The molecule has 2 aromatic rings. The molecule has 0 spiro atoms. The van der Waals surface area contributed by atoms with Crippen molar-refractivity contribution in [2.45, 2.75) is 25.5 Å². The summed E-state index contributed by atoms with van der Waals surface area (Å²) < 4.78 is 7.60. The van der Waals surface area contributed by atoms with Gasteiger partial charge in [0, 0.05) is 6.61 Å². The first-order valence-electron chi connectivity index (χ1n) is 5.46. The van der Waals surface area contributed by atoms with Crippen molar-refractivity contribution >= 4 is 22.6 Å². The molecule has 0 N–H and O–H groups in total. The summed E-state index contributed by atoms with van der Waals surface area (Å²) in [5.41, 5.74) is 1.80. The highest BCUT2D eigenvalue weighted by molar-refractivity contribution is 6.29. The summed E-state index contributed by atoms with van der Waals surface area (Å²) in [7, 11) is 0. The smallest absolute Gasteiger partial charge is 0.150 e. The highest BCUT2D eigenvalue weighted by Crippen LogP contribution is 2.25. The summed E-state index contributed by atoms with van der Waals surface area (Å²) in [6, 6.07) is 3.72. The number of pyridine rings is 1. The van der Waals surface area contributed by atoms with Crippen LogP contribution >= 0.6 is 11.6 Å². The van der Waals surface area contributed by atoms with Crippen LogP contribution < -0.4 is 0 Å². The van der Waals surface area contributed by atoms with Gasteiger partial charge in [-0.3, -0.25) is 0 Å². The lowest BCUT2D eigenvalue weighted by Gasteiger charge is -2.23. The molecule has 4 nitrogen and oxygen atoms in total. The average molecular weight is 238 g/mol. The van der Waals surface area contributed by atoms with Gasteiger partial charge in [-0.25, -0.2) is 9.67 Å². The van der Waals surface area contributed by atoms with Crippen molar-refractivity contribution in [2.75, 3.05) is 6.61 Å². The zero-order chi connectivity index (χ0) is 11.0. The van der Waals surface area contributed by atoms with Gasteiger partial charge in [-0.05, 0) is 31.4 Å². The van der Waals surface area contributed by atoms with E-state index < -0.39 is 0 Å². The molecule has 5 heteroatoms. The molecular formula is C11H12ClN3O. The number of fused-ring (bicyclic) bond motifs is 1. The van der Waals surface area contributed by atoms with Gasteiger partial charge in [0.05, 0.1) is 11.7 Å². The Balaban J connectivity index is 2.03. The lowest BCUT2D eigenvalue weighted by molar-refractivity contribution is -0.0366. The molecule has 0 aromatic carbocycles. The molecule has 0 amide bonds. The zero-order valence-electron chi connectivity index (χ0n) is 8.77. The lowest BCUT2D eigenvalue weighted by atomic mass is 10.2. The Hall–Kier alpha value is -1.13. The van der Waals surface area contributed by atoms with Gasteiger partial charge in [0.1, 0.15) is 10.7 Å². The van der Waals surface area contributed by atoms with E-state index in [1.807, 2.05) is 10.7 Å². The number of ether oxygens (including phenoxy) is 1. The highest BCUT2D eigenvalue weighted by Gasteiger charge is 2.18. The van der Waals surface area contributed by atoms with Crippen LogP contribution in [-0.4, -0.2) is 21.4 Å². The lowest BCUT2D eigenvalue weighted by Crippen LogP contribution is -2.18. The third-order valence-corrected chi connectivity index (χ3v) is 3.06. The molecule has 3 rings (SSSR count). The minimum Gasteiger partial charge on any atom is -0.356 e. The first kappa shape index (κ1) is 10.1. The van der Waals surface area contributed by atoms with Crippen LogP contribution in [0.2, 0.25) is 5.15 Å². The quantitative estimate of drug-likeness (QED) is 0.716. The fourth-order valence-corrected chi connectivity index (χ4v) is 2.21. The normalized spacial score (nSPS) is 21.4. The number of nitrogens with zero attached hydrogens (tertiary/aromatic N) is 3. The largest absolute Gasteiger partial charge is 0.356 e. The van der Waals surface area contributed by atoms with E-state index in [1.54, 1.807) is 12.3 Å². The molecule has 1 aliphatic rings. The molecular weight excluding hydrogens is 226 g/mol. The molecule has 0 radical (unpaired) electrons. The first-order valence-corrected chi connectivity index (χ1v) is 5.84. The molecule has 0 aliphatic carbocycles. The third-order valence-electron chi connectivity index (χ3n) is 2.85. The van der Waals surface area contributed by atoms with Gasteiger partial charge < -0.3 is 4.74 Å². The Morgan fingerprint density at radius 1 is 1.38 bits per heavy atom. The number of hydrogen-bond acceptors (Lipinski definition) is 3. The van der Waals surface area contributed by atoms with Crippen molar-refractivity contribution in [3.05, 3.63) is 23.5 Å². The summed E-state index contributed by atoms with van der Waals surface area (Å²) in [5, 5.41) is 4.83. The van der Waals surface area contributed by atoms with Gasteiger partial charge in [-0.2, -0.15) is 5.10 Å². The van der Waals surface area contributed by atoms with E-state index in [0.29, 0.717) is 5.15 Å². The maximum Gasteiger partial charge on any atom is 0.150 e. The summed E-state index contributed by atoms with van der Waals surface area (Å²) in [6.07, 6.45) is 5.13. The van der Waals surface area contributed by atoms with Crippen molar-refractivity contribution < 1.29 is 4.74 Å². The maximum absolute atomic E-state index is 5.83. The Bertz CT molecular complexity index is 505. The standard InChI is InChI=1S/C11H12ClN3O/c12-10-5-4-9-8(14-10)7-13-15(9)11-3-1-2-6-16-11/h4-5,7,11H,1-3,6H2. The van der Waals surface area contributed by atoms with Crippen molar-refractivity contribution in [1.29, 1.82) is 0 Å². The van der Waals surface area contributed by atoms with Gasteiger partial charge >= 0.3 is 0 Å². The Morgan fingerprint density at radius 3 is 3.12 bits per heavy atom. The number of rotatable bonds is 1. The molecule has 2 aromatic heterocycles. The monoisotopic (exact) mass is 237 g/mol. The third kappa shape index (κ3) is 1.68. The van der Waals surface area contributed by atoms with E-state index in [9.17, 15) is 0 Å². The van der Waals surface area contributed by atoms with Crippen LogP contribution in [0, 0.1) is 0 Å². The van der Waals surface area contributed by atoms with Gasteiger partial charge in [0.15, 0.2) is 6.23 Å². The van der Waals surface area contributed by atoms with E-state index in [1.165, 1.54) is 6.42 Å². The Kier molecular flexibility index (Phi) is 2.53. The van der Waals surface area contributed by atoms with Gasteiger partial charge in [-0.15, -0.1) is 0 Å². The van der Waals surface area contributed by atoms with E-state index in [4.69, 9.17) is 16.3 Å². The van der Waals surface area contributed by atoms with Crippen LogP contribution in [0.25, 0.3) is 11.0 Å². The predicted octanol–water partition coefficient (Wildman–Crippen LogP) is 2.78. The Morgan fingerprint density at radius 2 is 2.31 bits per heavy atom. The number of halogens is 1. The summed E-state index contributed by atoms with van der Waals surface area (Å²) in [4.78, 5) is 4.22. The number of hydrogen-bond donors (Lipinski definition) is 0. The molecule has 1 atom stereocenters. The van der Waals surface area contributed by atoms with Crippen LogP contribution in [0.1, 0.15) is 25.5 Å². The molecule has 16 heavy (non-hydrogen) atoms. The minimum absolute atomic E-state index is 0.0502. The topological polar surface area (TPSA) is 39.9 Å². The molecule has 0 saturated carbocycles. The average Bonchev–Trinajstić information content (AvgIpc) is 2.73. The van der Waals surface area contributed by atoms with Crippen LogP contribution in [0.4, 0.5) is 0 Å². The van der Waals surface area contributed by atoms with Crippen LogP contribution in [0.5, 0.6) is 0 Å². The van der Waals surface area contributed by atoms with E-state index in [-0.39, 0.29) is 6.23 Å². The fraction of sp³-hybridized carbons (Fsp3) is 0.455. The SMILES string of the molecule is Clc1ccc2c(cnn2C2CCCCO2)n1. The molecule has 1 fully saturated rings. The summed E-state index contributed by atoms with van der Waals surface area (Å²) >= 11 is 5.83. The van der Waals surface area contributed by atoms with Gasteiger partial charge in [0.2, 0.25) is 0 Å². The molecule has 1 saturated heterocycles. The van der Waals surface area contributed by atoms with Crippen LogP contribution in [0.3, 0.4) is 0 Å². The maximum atomic E-state index is 5.83. The summed E-state index contributed by atoms with van der Waals surface area (Å²) in [5.74, 6) is 0.